The molecule has 0 unspecified atom stereocenters. The molecule has 1 aromatic heterocycles. The van der Waals surface area contributed by atoms with Crippen molar-refractivity contribution in [3.8, 4) is 22.6 Å². The highest BCUT2D eigenvalue weighted by Gasteiger charge is 2.25. The fraction of sp³-hybridized carbons (Fsp3) is 0.160. The van der Waals surface area contributed by atoms with Crippen LogP contribution in [0.3, 0.4) is 0 Å². The Bertz CT molecular complexity index is 1410. The van der Waals surface area contributed by atoms with Crippen LogP contribution in [0, 0.1) is 5.82 Å². The van der Waals surface area contributed by atoms with Crippen molar-refractivity contribution in [2.75, 3.05) is 17.4 Å². The number of rotatable bonds is 6. The molecule has 34 heavy (non-hydrogen) atoms. The maximum absolute atomic E-state index is 14.8. The van der Waals surface area contributed by atoms with Crippen molar-refractivity contribution in [2.45, 2.75) is 19.4 Å². The average molecular weight is 459 g/mol. The molecule has 0 amide bonds. The number of para-hydroxylation sites is 1. The summed E-state index contributed by atoms with van der Waals surface area (Å²) in [5.74, 6) is 1.00. The molecule has 8 nitrogen and oxygen atoms in total. The van der Waals surface area contributed by atoms with Gasteiger partial charge in [0, 0.05) is 5.56 Å². The largest absolute Gasteiger partial charge is 0.454 e. The van der Waals surface area contributed by atoms with E-state index in [0.717, 1.165) is 11.1 Å². The molecule has 0 aliphatic carbocycles. The normalized spacial score (nSPS) is 12.4. The van der Waals surface area contributed by atoms with E-state index in [2.05, 4.69) is 25.6 Å². The lowest BCUT2D eigenvalue weighted by molar-refractivity contribution is 0.174. The molecule has 0 saturated carbocycles. The zero-order valence-corrected chi connectivity index (χ0v) is 18.6. The summed E-state index contributed by atoms with van der Waals surface area (Å²) in [5.41, 5.74) is 1.26. The summed E-state index contributed by atoms with van der Waals surface area (Å²) in [7, 11) is 0. The molecule has 5 rings (SSSR count). The van der Waals surface area contributed by atoms with Gasteiger partial charge in [0.1, 0.15) is 5.82 Å². The van der Waals surface area contributed by atoms with E-state index in [1.165, 1.54) is 6.07 Å². The number of fused-ring (bicyclic) bond motifs is 1. The molecule has 3 aromatic carbocycles. The van der Waals surface area contributed by atoms with Crippen molar-refractivity contribution in [1.29, 1.82) is 0 Å². The van der Waals surface area contributed by atoms with Gasteiger partial charge in [-0.3, -0.25) is 4.98 Å². The molecule has 0 bridgehead atoms. The minimum Gasteiger partial charge on any atom is -0.454 e. The first kappa shape index (κ1) is 21.4. The van der Waals surface area contributed by atoms with Crippen LogP contribution in [-0.2, 0) is 5.54 Å². The van der Waals surface area contributed by atoms with E-state index in [-0.39, 0.29) is 24.4 Å². The van der Waals surface area contributed by atoms with Gasteiger partial charge >= 0.3 is 5.69 Å². The third kappa shape index (κ3) is 4.27. The molecule has 0 spiro atoms. The number of hydrogen-bond donors (Lipinski definition) is 3. The summed E-state index contributed by atoms with van der Waals surface area (Å²) in [4.78, 5) is 23.1. The number of benzene rings is 3. The number of H-pyrrole nitrogens is 1. The highest BCUT2D eigenvalue weighted by molar-refractivity contribution is 5.80. The van der Waals surface area contributed by atoms with Crippen LogP contribution in [0.1, 0.15) is 19.4 Å². The highest BCUT2D eigenvalue weighted by atomic mass is 19.1. The number of aromatic nitrogens is 3. The Morgan fingerprint density at radius 3 is 2.59 bits per heavy atom. The maximum atomic E-state index is 14.8. The van der Waals surface area contributed by atoms with Crippen LogP contribution in [0.25, 0.3) is 11.1 Å². The Morgan fingerprint density at radius 1 is 0.971 bits per heavy atom. The SMILES string of the molecule is CC(C)(Nc1nc(Nc2c(F)cccc2-c2ccccc2)[nH]c(=O)n1)c1ccc2c(c1)OCO2. The van der Waals surface area contributed by atoms with E-state index in [0.29, 0.717) is 17.1 Å². The standard InChI is InChI=1S/C25H22FN5O3/c1-25(2,16-11-12-19-20(13-16)34-14-33-19)31-23-28-22(29-24(32)30-23)27-21-17(9-6-10-18(21)26)15-7-4-3-5-8-15/h3-13H,14H2,1-2H3,(H3,27,28,29,30,31,32). The van der Waals surface area contributed by atoms with Crippen molar-refractivity contribution < 1.29 is 13.9 Å². The molecule has 1 aliphatic heterocycles. The van der Waals surface area contributed by atoms with Gasteiger partial charge in [0.2, 0.25) is 18.7 Å². The summed E-state index contributed by atoms with van der Waals surface area (Å²) in [6.07, 6.45) is 0. The summed E-state index contributed by atoms with van der Waals surface area (Å²) < 4.78 is 25.6. The fourth-order valence-electron chi connectivity index (χ4n) is 3.76. The van der Waals surface area contributed by atoms with E-state index in [1.807, 2.05) is 62.4 Å². The average Bonchev–Trinajstić information content (AvgIpc) is 3.28. The molecule has 9 heteroatoms. The van der Waals surface area contributed by atoms with Crippen molar-refractivity contribution in [2.24, 2.45) is 0 Å². The highest BCUT2D eigenvalue weighted by Crippen LogP contribution is 2.36. The number of anilines is 3. The Morgan fingerprint density at radius 2 is 1.76 bits per heavy atom. The predicted octanol–water partition coefficient (Wildman–Crippen LogP) is 4.79. The third-order valence-corrected chi connectivity index (χ3v) is 5.51. The number of aromatic amines is 1. The van der Waals surface area contributed by atoms with E-state index in [9.17, 15) is 9.18 Å². The molecule has 0 radical (unpaired) electrons. The molecule has 0 atom stereocenters. The maximum Gasteiger partial charge on any atom is 0.351 e. The second-order valence-corrected chi connectivity index (χ2v) is 8.30. The number of hydrogen-bond acceptors (Lipinski definition) is 7. The van der Waals surface area contributed by atoms with Crippen molar-refractivity contribution in [3.63, 3.8) is 0 Å². The van der Waals surface area contributed by atoms with Crippen molar-refractivity contribution in [1.82, 2.24) is 15.0 Å². The van der Waals surface area contributed by atoms with Crippen LogP contribution >= 0.6 is 0 Å². The fourth-order valence-corrected chi connectivity index (χ4v) is 3.76. The Kier molecular flexibility index (Phi) is 5.37. The monoisotopic (exact) mass is 459 g/mol. The molecule has 0 fully saturated rings. The van der Waals surface area contributed by atoms with Gasteiger partial charge in [-0.1, -0.05) is 48.5 Å². The molecule has 3 N–H and O–H groups in total. The van der Waals surface area contributed by atoms with Gasteiger partial charge < -0.3 is 20.1 Å². The van der Waals surface area contributed by atoms with Gasteiger partial charge in [0.15, 0.2) is 11.5 Å². The Hall–Kier alpha value is -4.40. The summed E-state index contributed by atoms with van der Waals surface area (Å²) in [6, 6.07) is 19.8. The zero-order chi connectivity index (χ0) is 23.7. The van der Waals surface area contributed by atoms with Crippen LogP contribution < -0.4 is 25.8 Å². The topological polar surface area (TPSA) is 101 Å². The lowest BCUT2D eigenvalue weighted by Gasteiger charge is -2.27. The minimum absolute atomic E-state index is 0.0614. The van der Waals surface area contributed by atoms with Gasteiger partial charge in [0.25, 0.3) is 0 Å². The molecular weight excluding hydrogens is 437 g/mol. The third-order valence-electron chi connectivity index (χ3n) is 5.51. The quantitative estimate of drug-likeness (QED) is 0.381. The first-order valence-corrected chi connectivity index (χ1v) is 10.7. The van der Waals surface area contributed by atoms with Crippen molar-refractivity contribution in [3.05, 3.63) is 88.6 Å². The molecular formula is C25H22FN5O3. The van der Waals surface area contributed by atoms with Crippen LogP contribution in [-0.4, -0.2) is 21.7 Å². The predicted molar refractivity (Wildman–Crippen MR) is 127 cm³/mol. The van der Waals surface area contributed by atoms with Gasteiger partial charge in [-0.2, -0.15) is 9.97 Å². The van der Waals surface area contributed by atoms with Gasteiger partial charge in [-0.15, -0.1) is 0 Å². The first-order valence-electron chi connectivity index (χ1n) is 10.7. The molecule has 172 valence electrons. The van der Waals surface area contributed by atoms with Crippen LogP contribution in [0.15, 0.2) is 71.5 Å². The van der Waals surface area contributed by atoms with Gasteiger partial charge in [0.05, 0.1) is 11.2 Å². The second-order valence-electron chi connectivity index (χ2n) is 8.30. The van der Waals surface area contributed by atoms with Gasteiger partial charge in [-0.25, -0.2) is 9.18 Å². The second kappa shape index (κ2) is 8.51. The van der Waals surface area contributed by atoms with Crippen LogP contribution in [0.5, 0.6) is 11.5 Å². The van der Waals surface area contributed by atoms with E-state index >= 15 is 0 Å². The lowest BCUT2D eigenvalue weighted by atomic mass is 9.94. The van der Waals surface area contributed by atoms with E-state index < -0.39 is 17.0 Å². The molecule has 0 saturated heterocycles. The van der Waals surface area contributed by atoms with E-state index in [4.69, 9.17) is 9.47 Å². The molecule has 1 aliphatic rings. The first-order chi connectivity index (χ1) is 16.4. The number of nitrogens with one attached hydrogen (secondary N) is 3. The van der Waals surface area contributed by atoms with E-state index in [1.54, 1.807) is 12.1 Å². The lowest BCUT2D eigenvalue weighted by Crippen LogP contribution is -2.31. The number of halogens is 1. The summed E-state index contributed by atoms with van der Waals surface area (Å²) in [5, 5.41) is 6.10. The number of nitrogens with zero attached hydrogens (tertiary/aromatic N) is 2. The zero-order valence-electron chi connectivity index (χ0n) is 18.6. The van der Waals surface area contributed by atoms with Crippen LogP contribution in [0.4, 0.5) is 22.0 Å². The van der Waals surface area contributed by atoms with Crippen molar-refractivity contribution >= 4 is 17.6 Å². The minimum atomic E-state index is -0.654. The number of ether oxygens (including phenoxy) is 2. The summed E-state index contributed by atoms with van der Waals surface area (Å²) in [6.45, 7) is 4.03. The Labute approximate surface area is 194 Å². The smallest absolute Gasteiger partial charge is 0.351 e. The summed E-state index contributed by atoms with van der Waals surface area (Å²) >= 11 is 0. The Balaban J connectivity index is 1.45. The molecule has 4 aromatic rings. The molecule has 2 heterocycles. The van der Waals surface area contributed by atoms with Gasteiger partial charge in [-0.05, 0) is 43.2 Å². The van der Waals surface area contributed by atoms with Crippen LogP contribution in [0.2, 0.25) is 0 Å².